The molecule has 0 radical (unpaired) electrons. The molecule has 0 unspecified atom stereocenters. The molecular weight excluding hydrogens is 629 g/mol. The molecule has 0 bridgehead atoms. The van der Waals surface area contributed by atoms with Gasteiger partial charge in [0.15, 0.2) is 17.5 Å². The van der Waals surface area contributed by atoms with Crippen molar-refractivity contribution < 1.29 is 4.11 Å². The molecule has 0 spiro atoms. The van der Waals surface area contributed by atoms with Crippen molar-refractivity contribution in [2.24, 2.45) is 0 Å². The lowest BCUT2D eigenvalue weighted by Crippen LogP contribution is -2.03. The summed E-state index contributed by atoms with van der Waals surface area (Å²) in [7, 11) is 0. The van der Waals surface area contributed by atoms with Crippen molar-refractivity contribution in [3.8, 4) is 51.0 Å². The van der Waals surface area contributed by atoms with Crippen molar-refractivity contribution in [2.75, 3.05) is 0 Å². The molecule has 234 valence electrons. The van der Waals surface area contributed by atoms with Crippen LogP contribution < -0.4 is 0 Å². The van der Waals surface area contributed by atoms with E-state index in [9.17, 15) is 0 Å². The number of para-hydroxylation sites is 3. The molecular formula is C45H28N4S. The van der Waals surface area contributed by atoms with Gasteiger partial charge in [-0.3, -0.25) is 0 Å². The van der Waals surface area contributed by atoms with Crippen LogP contribution in [0, 0.1) is 0 Å². The Labute approximate surface area is 296 Å². The third kappa shape index (κ3) is 4.63. The molecule has 0 saturated carbocycles. The Morgan fingerprint density at radius 2 is 1.10 bits per heavy atom. The molecule has 0 fully saturated rings. The van der Waals surface area contributed by atoms with Crippen LogP contribution in [0.25, 0.3) is 93.0 Å². The molecule has 0 N–H and O–H groups in total. The Kier molecular flexibility index (Phi) is 5.94. The minimum Gasteiger partial charge on any atom is -0.309 e. The molecule has 7 aromatic carbocycles. The summed E-state index contributed by atoms with van der Waals surface area (Å²) in [6, 6.07) is 50.9. The summed E-state index contributed by atoms with van der Waals surface area (Å²) in [6.45, 7) is 0. The van der Waals surface area contributed by atoms with Crippen LogP contribution in [-0.2, 0) is 0 Å². The van der Waals surface area contributed by atoms with Crippen molar-refractivity contribution in [1.82, 2.24) is 19.5 Å². The van der Waals surface area contributed by atoms with E-state index in [0.29, 0.717) is 28.4 Å². The average molecular weight is 660 g/mol. The van der Waals surface area contributed by atoms with Gasteiger partial charge in [-0.1, -0.05) is 133 Å². The molecule has 10 aromatic rings. The SMILES string of the molecule is [2H]c1cc2c(c([2H])c1[2H])c1ccccc1n2-c1ccccc1-c1nc(-c2ccccc2)nc(-c2cccc(-c3cccc4c3sc3ccccc34)c2)n1. The van der Waals surface area contributed by atoms with Gasteiger partial charge in [0, 0.05) is 47.6 Å². The maximum absolute atomic E-state index is 8.85. The number of hydrogen-bond donors (Lipinski definition) is 0. The predicted octanol–water partition coefficient (Wildman–Crippen LogP) is 12.0. The van der Waals surface area contributed by atoms with E-state index >= 15 is 0 Å². The highest BCUT2D eigenvalue weighted by molar-refractivity contribution is 7.26. The van der Waals surface area contributed by atoms with Crippen LogP contribution in [0.2, 0.25) is 0 Å². The van der Waals surface area contributed by atoms with Gasteiger partial charge in [-0.05, 0) is 47.5 Å². The van der Waals surface area contributed by atoms with Crippen molar-refractivity contribution in [3.05, 3.63) is 170 Å². The third-order valence-electron chi connectivity index (χ3n) is 9.27. The Balaban J connectivity index is 1.19. The third-order valence-corrected chi connectivity index (χ3v) is 10.5. The molecule has 0 aliphatic heterocycles. The molecule has 0 saturated heterocycles. The van der Waals surface area contributed by atoms with E-state index in [2.05, 4.69) is 65.2 Å². The van der Waals surface area contributed by atoms with Gasteiger partial charge in [0.2, 0.25) is 0 Å². The first-order chi connectivity index (χ1) is 26.0. The van der Waals surface area contributed by atoms with Crippen molar-refractivity contribution in [3.63, 3.8) is 0 Å². The zero-order valence-electron chi connectivity index (χ0n) is 29.6. The molecule has 10 rings (SSSR count). The minimum atomic E-state index is -0.0888. The highest BCUT2D eigenvalue weighted by atomic mass is 32.1. The van der Waals surface area contributed by atoms with E-state index < -0.39 is 0 Å². The van der Waals surface area contributed by atoms with Crippen molar-refractivity contribution in [1.29, 1.82) is 0 Å². The molecule has 3 aromatic heterocycles. The number of hydrogen-bond acceptors (Lipinski definition) is 4. The number of fused-ring (bicyclic) bond motifs is 6. The second-order valence-electron chi connectivity index (χ2n) is 12.2. The van der Waals surface area contributed by atoms with E-state index in [1.54, 1.807) is 6.07 Å². The van der Waals surface area contributed by atoms with Crippen LogP contribution in [0.3, 0.4) is 0 Å². The number of nitrogens with zero attached hydrogens (tertiary/aromatic N) is 4. The van der Waals surface area contributed by atoms with E-state index in [1.807, 2.05) is 96.3 Å². The minimum absolute atomic E-state index is 0.00377. The van der Waals surface area contributed by atoms with Gasteiger partial charge in [-0.15, -0.1) is 11.3 Å². The molecule has 50 heavy (non-hydrogen) atoms. The maximum atomic E-state index is 8.85. The predicted molar refractivity (Wildman–Crippen MR) is 209 cm³/mol. The molecule has 0 aliphatic carbocycles. The highest BCUT2D eigenvalue weighted by Gasteiger charge is 2.19. The summed E-state index contributed by atoms with van der Waals surface area (Å²) >= 11 is 1.81. The first-order valence-electron chi connectivity index (χ1n) is 18.0. The molecule has 5 heteroatoms. The van der Waals surface area contributed by atoms with Gasteiger partial charge in [0.25, 0.3) is 0 Å². The molecule has 0 atom stereocenters. The zero-order chi connectivity index (χ0) is 35.6. The van der Waals surface area contributed by atoms with Gasteiger partial charge in [-0.2, -0.15) is 0 Å². The standard InChI is InChI=1S/C45H28N4S/c1-2-14-29(15-3-1)43-46-44(31-17-12-16-30(28-31)32-22-13-23-36-35-20-7-11-27-41(35)50-42(32)36)48-45(47-43)37-21-6-10-26-40(37)49-38-24-8-4-18-33(38)34-19-5-9-25-39(34)49/h1-28H/i4D,8D,18D. The molecule has 4 nitrogen and oxygen atoms in total. The van der Waals surface area contributed by atoms with Crippen molar-refractivity contribution in [2.45, 2.75) is 0 Å². The van der Waals surface area contributed by atoms with Gasteiger partial charge in [0.1, 0.15) is 0 Å². The van der Waals surface area contributed by atoms with E-state index in [1.165, 1.54) is 20.2 Å². The lowest BCUT2D eigenvalue weighted by Gasteiger charge is -2.14. The Morgan fingerprint density at radius 3 is 2.02 bits per heavy atom. The topological polar surface area (TPSA) is 43.6 Å². The summed E-state index contributed by atoms with van der Waals surface area (Å²) in [5.41, 5.74) is 7.12. The van der Waals surface area contributed by atoms with Crippen LogP contribution in [-0.4, -0.2) is 19.5 Å². The lowest BCUT2D eigenvalue weighted by atomic mass is 10.0. The smallest absolute Gasteiger partial charge is 0.166 e. The fourth-order valence-corrected chi connectivity index (χ4v) is 8.23. The van der Waals surface area contributed by atoms with Crippen LogP contribution >= 0.6 is 11.3 Å². The Bertz CT molecular complexity index is 3060. The zero-order valence-corrected chi connectivity index (χ0v) is 27.4. The van der Waals surface area contributed by atoms with Gasteiger partial charge in [-0.25, -0.2) is 15.0 Å². The molecule has 0 amide bonds. The van der Waals surface area contributed by atoms with Gasteiger partial charge in [0.05, 0.1) is 20.8 Å². The van der Waals surface area contributed by atoms with Gasteiger partial charge >= 0.3 is 0 Å². The fraction of sp³-hybridized carbons (Fsp3) is 0. The summed E-state index contributed by atoms with van der Waals surface area (Å²) in [4.78, 5) is 15.3. The van der Waals surface area contributed by atoms with Crippen LogP contribution in [0.4, 0.5) is 0 Å². The number of thiophene rings is 1. The van der Waals surface area contributed by atoms with Crippen molar-refractivity contribution >= 4 is 53.3 Å². The molecule has 0 aliphatic rings. The normalized spacial score (nSPS) is 12.4. The number of aromatic nitrogens is 4. The number of benzene rings is 7. The van der Waals surface area contributed by atoms with E-state index in [4.69, 9.17) is 19.1 Å². The maximum Gasteiger partial charge on any atom is 0.166 e. The fourth-order valence-electron chi connectivity index (χ4n) is 6.99. The first-order valence-corrected chi connectivity index (χ1v) is 17.3. The van der Waals surface area contributed by atoms with E-state index in [-0.39, 0.29) is 18.1 Å². The first kappa shape index (κ1) is 25.6. The Hall–Kier alpha value is -6.43. The average Bonchev–Trinajstić information content (AvgIpc) is 3.76. The summed E-state index contributed by atoms with van der Waals surface area (Å²) < 4.78 is 30.4. The largest absolute Gasteiger partial charge is 0.309 e. The monoisotopic (exact) mass is 659 g/mol. The van der Waals surface area contributed by atoms with Crippen LogP contribution in [0.15, 0.2) is 170 Å². The van der Waals surface area contributed by atoms with E-state index in [0.717, 1.165) is 44.4 Å². The quantitative estimate of drug-likeness (QED) is 0.185. The lowest BCUT2D eigenvalue weighted by molar-refractivity contribution is 1.06. The summed E-state index contributed by atoms with van der Waals surface area (Å²) in [5.74, 6) is 1.61. The summed E-state index contributed by atoms with van der Waals surface area (Å²) in [5, 5.41) is 4.00. The molecule has 3 heterocycles. The highest BCUT2D eigenvalue weighted by Crippen LogP contribution is 2.41. The Morgan fingerprint density at radius 1 is 0.460 bits per heavy atom. The van der Waals surface area contributed by atoms with Gasteiger partial charge < -0.3 is 4.57 Å². The second kappa shape index (κ2) is 11.6. The summed E-state index contributed by atoms with van der Waals surface area (Å²) in [6.07, 6.45) is 0. The van der Waals surface area contributed by atoms with Crippen LogP contribution in [0.1, 0.15) is 4.11 Å². The second-order valence-corrected chi connectivity index (χ2v) is 13.3. The van der Waals surface area contributed by atoms with Crippen LogP contribution in [0.5, 0.6) is 0 Å². The number of rotatable bonds is 5.